The summed E-state index contributed by atoms with van der Waals surface area (Å²) < 4.78 is 11.4. The number of aryl methyl sites for hydroxylation is 1. The van der Waals surface area contributed by atoms with Crippen molar-refractivity contribution in [2.45, 2.75) is 58.0 Å². The summed E-state index contributed by atoms with van der Waals surface area (Å²) in [6, 6.07) is 6.63. The van der Waals surface area contributed by atoms with Crippen LogP contribution >= 0.6 is 0 Å². The van der Waals surface area contributed by atoms with E-state index >= 15 is 0 Å². The second-order valence-corrected chi connectivity index (χ2v) is 6.81. The number of aliphatic hydroxyl groups is 1. The van der Waals surface area contributed by atoms with Gasteiger partial charge in [-0.25, -0.2) is 0 Å². The van der Waals surface area contributed by atoms with Crippen LogP contribution in [-0.4, -0.2) is 48.1 Å². The van der Waals surface area contributed by atoms with Gasteiger partial charge in [-0.1, -0.05) is 13.0 Å². The zero-order chi connectivity index (χ0) is 15.7. The minimum atomic E-state index is -0.920. The van der Waals surface area contributed by atoms with Crippen molar-refractivity contribution in [1.29, 1.82) is 0 Å². The van der Waals surface area contributed by atoms with Gasteiger partial charge in [0.1, 0.15) is 11.9 Å². The smallest absolute Gasteiger partial charge is 0.225 e. The normalized spacial score (nSPS) is 27.0. The number of benzene rings is 1. The molecule has 1 aliphatic heterocycles. The fraction of sp³-hybridized carbons (Fsp3) is 0.667. The molecule has 3 rings (SSSR count). The molecule has 0 radical (unpaired) electrons. The van der Waals surface area contributed by atoms with Gasteiger partial charge in [0, 0.05) is 19.1 Å². The summed E-state index contributed by atoms with van der Waals surface area (Å²) in [5, 5.41) is 10.4. The van der Waals surface area contributed by atoms with E-state index in [4.69, 9.17) is 9.47 Å². The molecular weight excluding hydrogens is 278 g/mol. The van der Waals surface area contributed by atoms with Crippen LogP contribution in [0.1, 0.15) is 44.2 Å². The number of rotatable bonds is 4. The van der Waals surface area contributed by atoms with Crippen LogP contribution in [0.4, 0.5) is 0 Å². The van der Waals surface area contributed by atoms with Crippen molar-refractivity contribution in [1.82, 2.24) is 4.90 Å². The molecule has 22 heavy (non-hydrogen) atoms. The number of ether oxygens (including phenoxy) is 2. The van der Waals surface area contributed by atoms with Crippen LogP contribution < -0.4 is 4.74 Å². The molecule has 1 aromatic carbocycles. The van der Waals surface area contributed by atoms with Gasteiger partial charge >= 0.3 is 0 Å². The highest BCUT2D eigenvalue weighted by Gasteiger charge is 2.29. The van der Waals surface area contributed by atoms with Crippen molar-refractivity contribution in [3.05, 3.63) is 29.3 Å². The lowest BCUT2D eigenvalue weighted by Crippen LogP contribution is -2.51. The molecule has 3 atom stereocenters. The second kappa shape index (κ2) is 6.57. The number of nitrogens with zero attached hydrogens (tertiary/aromatic N) is 1. The first-order valence-electron chi connectivity index (χ1n) is 8.38. The second-order valence-electron chi connectivity index (χ2n) is 6.81. The monoisotopic (exact) mass is 305 g/mol. The minimum Gasteiger partial charge on any atom is -0.462 e. The van der Waals surface area contributed by atoms with Crippen LogP contribution in [0.15, 0.2) is 18.2 Å². The molecule has 1 aliphatic carbocycles. The van der Waals surface area contributed by atoms with Crippen LogP contribution in [0.3, 0.4) is 0 Å². The average Bonchev–Trinajstić information content (AvgIpc) is 2.88. The van der Waals surface area contributed by atoms with Gasteiger partial charge in [0.2, 0.25) is 6.29 Å². The van der Waals surface area contributed by atoms with Crippen molar-refractivity contribution >= 4 is 0 Å². The lowest BCUT2D eigenvalue weighted by Gasteiger charge is -2.37. The topological polar surface area (TPSA) is 41.9 Å². The molecule has 1 aromatic rings. The molecule has 1 heterocycles. The summed E-state index contributed by atoms with van der Waals surface area (Å²) in [7, 11) is 0. The molecule has 4 nitrogen and oxygen atoms in total. The van der Waals surface area contributed by atoms with Crippen molar-refractivity contribution < 1.29 is 14.6 Å². The Balaban J connectivity index is 1.64. The Bertz CT molecular complexity index is 517. The Morgan fingerprint density at radius 1 is 1.36 bits per heavy atom. The molecule has 2 aliphatic rings. The lowest BCUT2D eigenvalue weighted by molar-refractivity contribution is -0.160. The van der Waals surface area contributed by atoms with Crippen LogP contribution in [0.25, 0.3) is 0 Å². The summed E-state index contributed by atoms with van der Waals surface area (Å²) in [5.41, 5.74) is 2.77. The number of hydrogen-bond donors (Lipinski definition) is 1. The maximum absolute atomic E-state index is 10.4. The Morgan fingerprint density at radius 3 is 2.95 bits per heavy atom. The number of hydrogen-bond acceptors (Lipinski definition) is 4. The summed E-state index contributed by atoms with van der Waals surface area (Å²) in [6.45, 7) is 8.84. The molecule has 1 N–H and O–H groups in total. The van der Waals surface area contributed by atoms with E-state index in [9.17, 15) is 5.11 Å². The molecule has 4 heteroatoms. The third kappa shape index (κ3) is 3.29. The first-order chi connectivity index (χ1) is 10.5. The third-order valence-corrected chi connectivity index (χ3v) is 4.92. The van der Waals surface area contributed by atoms with E-state index in [1.54, 1.807) is 0 Å². The minimum absolute atomic E-state index is 0.290. The van der Waals surface area contributed by atoms with E-state index in [-0.39, 0.29) is 6.10 Å². The highest BCUT2D eigenvalue weighted by molar-refractivity contribution is 5.40. The fourth-order valence-corrected chi connectivity index (χ4v) is 3.41. The Labute approximate surface area is 133 Å². The molecule has 1 saturated heterocycles. The largest absolute Gasteiger partial charge is 0.462 e. The van der Waals surface area contributed by atoms with Gasteiger partial charge in [-0.3, -0.25) is 4.90 Å². The van der Waals surface area contributed by atoms with Gasteiger partial charge in [-0.15, -0.1) is 0 Å². The first kappa shape index (κ1) is 15.8. The van der Waals surface area contributed by atoms with Gasteiger partial charge < -0.3 is 14.6 Å². The molecule has 0 bridgehead atoms. The maximum Gasteiger partial charge on any atom is 0.225 e. The van der Waals surface area contributed by atoms with Crippen LogP contribution in [0, 0.1) is 0 Å². The van der Waals surface area contributed by atoms with E-state index in [0.717, 1.165) is 18.7 Å². The summed E-state index contributed by atoms with van der Waals surface area (Å²) in [5.74, 6) is 1.32. The van der Waals surface area contributed by atoms with Crippen LogP contribution in [0.5, 0.6) is 5.75 Å². The summed E-state index contributed by atoms with van der Waals surface area (Å²) in [4.78, 5) is 2.31. The molecule has 0 saturated carbocycles. The summed E-state index contributed by atoms with van der Waals surface area (Å²) >= 11 is 0. The Hall–Kier alpha value is -1.10. The van der Waals surface area contributed by atoms with Crippen molar-refractivity contribution in [3.63, 3.8) is 0 Å². The molecule has 0 aromatic heterocycles. The average molecular weight is 305 g/mol. The number of morpholine rings is 1. The third-order valence-electron chi connectivity index (χ3n) is 4.92. The first-order valence-corrected chi connectivity index (χ1v) is 8.38. The van der Waals surface area contributed by atoms with Crippen LogP contribution in [-0.2, 0) is 11.2 Å². The summed E-state index contributed by atoms with van der Waals surface area (Å²) in [6.07, 6.45) is 1.14. The molecule has 3 unspecified atom stereocenters. The lowest BCUT2D eigenvalue weighted by atomic mass is 10.0. The van der Waals surface area contributed by atoms with Gasteiger partial charge in [-0.2, -0.15) is 0 Å². The molecular formula is C18H27NO3. The van der Waals surface area contributed by atoms with Crippen LogP contribution in [0.2, 0.25) is 0 Å². The van der Waals surface area contributed by atoms with Crippen molar-refractivity contribution in [2.24, 2.45) is 0 Å². The van der Waals surface area contributed by atoms with E-state index in [1.807, 2.05) is 6.07 Å². The fourth-order valence-electron chi connectivity index (χ4n) is 3.41. The zero-order valence-electron chi connectivity index (χ0n) is 13.8. The van der Waals surface area contributed by atoms with E-state index < -0.39 is 6.29 Å². The number of fused-ring (bicyclic) bond motifs is 1. The molecule has 0 amide bonds. The standard InChI is InChI=1S/C18H27NO3/c1-12(2)19-8-9-21-17(11-19)18(20)22-15-7-6-14-5-4-13(3)16(14)10-15/h6-7,10,12-13,17-18,20H,4-5,8-9,11H2,1-3H3. The highest BCUT2D eigenvalue weighted by atomic mass is 16.6. The zero-order valence-corrected chi connectivity index (χ0v) is 13.8. The Kier molecular flexibility index (Phi) is 4.71. The molecule has 1 fully saturated rings. The van der Waals surface area contributed by atoms with Gasteiger partial charge in [0.25, 0.3) is 0 Å². The van der Waals surface area contributed by atoms with Gasteiger partial charge in [-0.05, 0) is 55.9 Å². The van der Waals surface area contributed by atoms with E-state index in [2.05, 4.69) is 37.8 Å². The predicted octanol–water partition coefficient (Wildman–Crippen LogP) is 2.54. The van der Waals surface area contributed by atoms with Crippen molar-refractivity contribution in [3.8, 4) is 5.75 Å². The molecule has 122 valence electrons. The van der Waals surface area contributed by atoms with Crippen molar-refractivity contribution in [2.75, 3.05) is 19.7 Å². The van der Waals surface area contributed by atoms with E-state index in [1.165, 1.54) is 17.5 Å². The highest BCUT2D eigenvalue weighted by Crippen LogP contribution is 2.35. The number of aliphatic hydroxyl groups excluding tert-OH is 1. The molecule has 0 spiro atoms. The predicted molar refractivity (Wildman–Crippen MR) is 86.3 cm³/mol. The van der Waals surface area contributed by atoms with E-state index in [0.29, 0.717) is 25.1 Å². The quantitative estimate of drug-likeness (QED) is 0.868. The maximum atomic E-state index is 10.4. The van der Waals surface area contributed by atoms with Gasteiger partial charge in [0.15, 0.2) is 0 Å². The SMILES string of the molecule is CC1CCc2ccc(OC(O)C3CN(C(C)C)CCO3)cc21. The Morgan fingerprint density at radius 2 is 2.18 bits per heavy atom. The van der Waals surface area contributed by atoms with Gasteiger partial charge in [0.05, 0.1) is 6.61 Å².